The SMILES string of the molecule is CCCc1cccc(CCc2ccc(CO)c(CO)c2)c1. The monoisotopic (exact) mass is 284 g/mol. The topological polar surface area (TPSA) is 40.5 Å². The lowest BCUT2D eigenvalue weighted by Crippen LogP contribution is -1.98. The van der Waals surface area contributed by atoms with Crippen molar-refractivity contribution in [1.82, 2.24) is 0 Å². The fourth-order valence-corrected chi connectivity index (χ4v) is 2.65. The van der Waals surface area contributed by atoms with Crippen LogP contribution in [-0.4, -0.2) is 10.2 Å². The lowest BCUT2D eigenvalue weighted by molar-refractivity contribution is 0.260. The van der Waals surface area contributed by atoms with Crippen molar-refractivity contribution in [2.24, 2.45) is 0 Å². The molecular formula is C19H24O2. The second-order valence-electron chi connectivity index (χ2n) is 5.49. The van der Waals surface area contributed by atoms with Crippen LogP contribution in [0.1, 0.15) is 41.2 Å². The zero-order valence-corrected chi connectivity index (χ0v) is 12.7. The molecule has 2 aromatic rings. The van der Waals surface area contributed by atoms with E-state index in [0.717, 1.165) is 30.4 Å². The molecule has 0 amide bonds. The van der Waals surface area contributed by atoms with E-state index in [1.165, 1.54) is 23.1 Å². The average Bonchev–Trinajstić information content (AvgIpc) is 2.53. The molecule has 2 N–H and O–H groups in total. The maximum absolute atomic E-state index is 9.34. The van der Waals surface area contributed by atoms with Crippen LogP contribution in [-0.2, 0) is 32.5 Å². The van der Waals surface area contributed by atoms with E-state index in [1.54, 1.807) is 0 Å². The molecule has 0 atom stereocenters. The van der Waals surface area contributed by atoms with Crippen molar-refractivity contribution < 1.29 is 10.2 Å². The van der Waals surface area contributed by atoms with Gasteiger partial charge in [0, 0.05) is 0 Å². The van der Waals surface area contributed by atoms with Crippen LogP contribution in [0.15, 0.2) is 42.5 Å². The summed E-state index contributed by atoms with van der Waals surface area (Å²) < 4.78 is 0. The molecule has 0 unspecified atom stereocenters. The van der Waals surface area contributed by atoms with Crippen molar-refractivity contribution in [3.05, 3.63) is 70.3 Å². The summed E-state index contributed by atoms with van der Waals surface area (Å²) in [6.45, 7) is 2.16. The Bertz CT molecular complexity index is 576. The second-order valence-corrected chi connectivity index (χ2v) is 5.49. The molecule has 21 heavy (non-hydrogen) atoms. The molecule has 2 rings (SSSR count). The number of aliphatic hydroxyl groups is 2. The quantitative estimate of drug-likeness (QED) is 0.818. The van der Waals surface area contributed by atoms with E-state index in [9.17, 15) is 10.2 Å². The third-order valence-corrected chi connectivity index (χ3v) is 3.84. The minimum atomic E-state index is -0.0186. The predicted molar refractivity (Wildman–Crippen MR) is 86.1 cm³/mol. The minimum absolute atomic E-state index is 0.0181. The molecule has 2 nitrogen and oxygen atoms in total. The molecule has 0 bridgehead atoms. The molecule has 0 aromatic heterocycles. The van der Waals surface area contributed by atoms with Gasteiger partial charge in [-0.3, -0.25) is 0 Å². The molecule has 0 radical (unpaired) electrons. The maximum atomic E-state index is 9.34. The van der Waals surface area contributed by atoms with Crippen LogP contribution in [0.4, 0.5) is 0 Å². The van der Waals surface area contributed by atoms with Crippen LogP contribution < -0.4 is 0 Å². The number of hydrogen-bond donors (Lipinski definition) is 2. The van der Waals surface area contributed by atoms with E-state index in [1.807, 2.05) is 18.2 Å². The first kappa shape index (κ1) is 15.7. The molecule has 0 spiro atoms. The number of rotatable bonds is 7. The lowest BCUT2D eigenvalue weighted by Gasteiger charge is -2.09. The van der Waals surface area contributed by atoms with E-state index < -0.39 is 0 Å². The average molecular weight is 284 g/mol. The molecule has 2 heteroatoms. The van der Waals surface area contributed by atoms with Gasteiger partial charge in [-0.15, -0.1) is 0 Å². The van der Waals surface area contributed by atoms with E-state index in [0.29, 0.717) is 0 Å². The van der Waals surface area contributed by atoms with Gasteiger partial charge in [0.05, 0.1) is 13.2 Å². The summed E-state index contributed by atoms with van der Waals surface area (Å²) in [5.74, 6) is 0. The highest BCUT2D eigenvalue weighted by Gasteiger charge is 2.03. The Balaban J connectivity index is 2.04. The Labute approximate surface area is 127 Å². The first-order chi connectivity index (χ1) is 10.3. The van der Waals surface area contributed by atoms with Gasteiger partial charge < -0.3 is 10.2 Å². The Kier molecular flexibility index (Phi) is 5.97. The zero-order valence-electron chi connectivity index (χ0n) is 12.7. The first-order valence-corrected chi connectivity index (χ1v) is 7.67. The third kappa shape index (κ3) is 4.42. The van der Waals surface area contributed by atoms with Crippen LogP contribution >= 0.6 is 0 Å². The van der Waals surface area contributed by atoms with E-state index in [-0.39, 0.29) is 13.2 Å². The lowest BCUT2D eigenvalue weighted by atomic mass is 9.98. The van der Waals surface area contributed by atoms with Crippen LogP contribution in [0, 0.1) is 0 Å². The number of aryl methyl sites for hydroxylation is 3. The predicted octanol–water partition coefficient (Wildman–Crippen LogP) is 3.41. The van der Waals surface area contributed by atoms with Gasteiger partial charge in [-0.2, -0.15) is 0 Å². The Hall–Kier alpha value is -1.64. The van der Waals surface area contributed by atoms with Gasteiger partial charge in [-0.25, -0.2) is 0 Å². The second kappa shape index (κ2) is 7.96. The van der Waals surface area contributed by atoms with Crippen LogP contribution in [0.25, 0.3) is 0 Å². The number of benzene rings is 2. The van der Waals surface area contributed by atoms with Gasteiger partial charge in [0.2, 0.25) is 0 Å². The van der Waals surface area contributed by atoms with Crippen molar-refractivity contribution in [2.75, 3.05) is 0 Å². The first-order valence-electron chi connectivity index (χ1n) is 7.67. The van der Waals surface area contributed by atoms with E-state index in [4.69, 9.17) is 0 Å². The summed E-state index contributed by atoms with van der Waals surface area (Å²) in [6, 6.07) is 14.7. The zero-order chi connectivity index (χ0) is 15.1. The molecule has 0 aliphatic carbocycles. The normalized spacial score (nSPS) is 10.8. The van der Waals surface area contributed by atoms with Gasteiger partial charge >= 0.3 is 0 Å². The molecule has 2 aromatic carbocycles. The molecule has 0 aliphatic heterocycles. The Morgan fingerprint density at radius 2 is 1.33 bits per heavy atom. The summed E-state index contributed by atoms with van der Waals surface area (Å²) in [6.07, 6.45) is 4.26. The molecule has 112 valence electrons. The smallest absolute Gasteiger partial charge is 0.0685 e. The van der Waals surface area contributed by atoms with E-state index in [2.05, 4.69) is 31.2 Å². The highest BCUT2D eigenvalue weighted by atomic mass is 16.3. The van der Waals surface area contributed by atoms with Crippen molar-refractivity contribution in [3.63, 3.8) is 0 Å². The van der Waals surface area contributed by atoms with Gasteiger partial charge in [0.1, 0.15) is 0 Å². The van der Waals surface area contributed by atoms with Gasteiger partial charge in [0.25, 0.3) is 0 Å². The van der Waals surface area contributed by atoms with Gasteiger partial charge in [-0.1, -0.05) is 55.8 Å². The molecule has 0 fully saturated rings. The fourth-order valence-electron chi connectivity index (χ4n) is 2.65. The maximum Gasteiger partial charge on any atom is 0.0685 e. The summed E-state index contributed by atoms with van der Waals surface area (Å²) in [5, 5.41) is 18.6. The number of hydrogen-bond acceptors (Lipinski definition) is 2. The summed E-state index contributed by atoms with van der Waals surface area (Å²) in [5.41, 5.74) is 5.61. The molecule has 0 saturated heterocycles. The van der Waals surface area contributed by atoms with Crippen LogP contribution in [0.2, 0.25) is 0 Å². The Morgan fingerprint density at radius 3 is 1.95 bits per heavy atom. The van der Waals surface area contributed by atoms with Crippen molar-refractivity contribution in [3.8, 4) is 0 Å². The highest BCUT2D eigenvalue weighted by molar-refractivity contribution is 5.32. The summed E-state index contributed by atoms with van der Waals surface area (Å²) >= 11 is 0. The minimum Gasteiger partial charge on any atom is -0.392 e. The highest BCUT2D eigenvalue weighted by Crippen LogP contribution is 2.15. The van der Waals surface area contributed by atoms with E-state index >= 15 is 0 Å². The fraction of sp³-hybridized carbons (Fsp3) is 0.368. The van der Waals surface area contributed by atoms with Gasteiger partial charge in [-0.05, 0) is 47.1 Å². The summed E-state index contributed by atoms with van der Waals surface area (Å²) in [7, 11) is 0. The molecule has 0 aliphatic rings. The molecule has 0 heterocycles. The third-order valence-electron chi connectivity index (χ3n) is 3.84. The van der Waals surface area contributed by atoms with Crippen molar-refractivity contribution in [1.29, 1.82) is 0 Å². The number of aliphatic hydroxyl groups excluding tert-OH is 2. The van der Waals surface area contributed by atoms with Crippen LogP contribution in [0.5, 0.6) is 0 Å². The standard InChI is InChI=1S/C19H24O2/c1-2-4-15-5-3-6-16(11-15)7-8-17-9-10-18(13-20)19(12-17)14-21/h3,5-6,9-12,20-21H,2,4,7-8,13-14H2,1H3. The van der Waals surface area contributed by atoms with Crippen molar-refractivity contribution >= 4 is 0 Å². The molecular weight excluding hydrogens is 260 g/mol. The molecule has 0 saturated carbocycles. The van der Waals surface area contributed by atoms with Crippen LogP contribution in [0.3, 0.4) is 0 Å². The van der Waals surface area contributed by atoms with Crippen molar-refractivity contribution in [2.45, 2.75) is 45.8 Å². The Morgan fingerprint density at radius 1 is 0.714 bits per heavy atom. The van der Waals surface area contributed by atoms with Gasteiger partial charge in [0.15, 0.2) is 0 Å². The largest absolute Gasteiger partial charge is 0.392 e. The summed E-state index contributed by atoms with van der Waals surface area (Å²) in [4.78, 5) is 0.